The van der Waals surface area contributed by atoms with Crippen LogP contribution in [0.2, 0.25) is 0 Å². The molecule has 0 spiro atoms. The van der Waals surface area contributed by atoms with Crippen molar-refractivity contribution in [2.24, 2.45) is 0 Å². The minimum Gasteiger partial charge on any atom is -0.384 e. The van der Waals surface area contributed by atoms with E-state index in [2.05, 4.69) is 42.7 Å². The molecule has 0 fully saturated rings. The zero-order chi connectivity index (χ0) is 15.8. The molecule has 2 aromatic carbocycles. The Morgan fingerprint density at radius 3 is 2.14 bits per heavy atom. The van der Waals surface area contributed by atoms with Crippen molar-refractivity contribution < 1.29 is 4.79 Å². The van der Waals surface area contributed by atoms with E-state index in [0.717, 1.165) is 18.5 Å². The molecule has 0 saturated carbocycles. The van der Waals surface area contributed by atoms with Crippen molar-refractivity contribution in [2.75, 3.05) is 17.2 Å². The summed E-state index contributed by atoms with van der Waals surface area (Å²) in [5, 5.41) is 6.35. The Hall–Kier alpha value is -2.29. The Morgan fingerprint density at radius 1 is 0.909 bits per heavy atom. The van der Waals surface area contributed by atoms with Gasteiger partial charge in [0, 0.05) is 24.3 Å². The van der Waals surface area contributed by atoms with Crippen LogP contribution in [-0.4, -0.2) is 12.5 Å². The van der Waals surface area contributed by atoms with Crippen molar-refractivity contribution in [1.82, 2.24) is 0 Å². The van der Waals surface area contributed by atoms with Gasteiger partial charge in [0.05, 0.1) is 0 Å². The number of hydrogen-bond donors (Lipinski definition) is 2. The molecule has 0 aliphatic carbocycles. The number of anilines is 2. The summed E-state index contributed by atoms with van der Waals surface area (Å²) in [5.41, 5.74) is 4.65. The summed E-state index contributed by atoms with van der Waals surface area (Å²) in [6.07, 6.45) is 2.44. The number of amides is 1. The van der Waals surface area contributed by atoms with Crippen LogP contribution in [0.25, 0.3) is 0 Å². The van der Waals surface area contributed by atoms with E-state index in [0.29, 0.717) is 13.0 Å². The van der Waals surface area contributed by atoms with E-state index in [1.54, 1.807) is 0 Å². The molecule has 116 valence electrons. The summed E-state index contributed by atoms with van der Waals surface area (Å²) in [7, 11) is 0. The first-order chi connectivity index (χ1) is 10.7. The average molecular weight is 296 g/mol. The highest BCUT2D eigenvalue weighted by molar-refractivity contribution is 5.90. The Labute approximate surface area is 132 Å². The lowest BCUT2D eigenvalue weighted by Crippen LogP contribution is -2.17. The van der Waals surface area contributed by atoms with E-state index in [4.69, 9.17) is 0 Å². The van der Waals surface area contributed by atoms with Gasteiger partial charge in [0.1, 0.15) is 0 Å². The lowest BCUT2D eigenvalue weighted by molar-refractivity contribution is -0.115. The molecule has 0 aromatic heterocycles. The van der Waals surface area contributed by atoms with Gasteiger partial charge in [-0.3, -0.25) is 4.79 Å². The maximum atomic E-state index is 12.0. The molecule has 2 rings (SSSR count). The monoisotopic (exact) mass is 296 g/mol. The SMILES string of the molecule is CCc1cccc(CC)c1NCCC(=O)Nc1ccccc1. The van der Waals surface area contributed by atoms with Crippen LogP contribution < -0.4 is 10.6 Å². The predicted octanol–water partition coefficient (Wildman–Crippen LogP) is 4.25. The van der Waals surface area contributed by atoms with Gasteiger partial charge in [-0.25, -0.2) is 0 Å². The first-order valence-corrected chi connectivity index (χ1v) is 7.94. The maximum Gasteiger partial charge on any atom is 0.226 e. The number of nitrogens with one attached hydrogen (secondary N) is 2. The second kappa shape index (κ2) is 8.23. The third kappa shape index (κ3) is 4.35. The standard InChI is InChI=1S/C19H24N2O/c1-3-15-9-8-10-16(4-2)19(15)20-14-13-18(22)21-17-11-6-5-7-12-17/h5-12,20H,3-4,13-14H2,1-2H3,(H,21,22). The van der Waals surface area contributed by atoms with Gasteiger partial charge in [0.25, 0.3) is 0 Å². The van der Waals surface area contributed by atoms with E-state index in [9.17, 15) is 4.79 Å². The third-order valence-corrected chi connectivity index (χ3v) is 3.71. The first-order valence-electron chi connectivity index (χ1n) is 7.94. The van der Waals surface area contributed by atoms with E-state index in [-0.39, 0.29) is 5.91 Å². The molecule has 0 saturated heterocycles. The Morgan fingerprint density at radius 2 is 1.55 bits per heavy atom. The van der Waals surface area contributed by atoms with Crippen molar-refractivity contribution >= 4 is 17.3 Å². The quantitative estimate of drug-likeness (QED) is 0.802. The van der Waals surface area contributed by atoms with Gasteiger partial charge in [-0.05, 0) is 36.1 Å². The number of hydrogen-bond acceptors (Lipinski definition) is 2. The number of para-hydroxylation sites is 2. The number of carbonyl (C=O) groups excluding carboxylic acids is 1. The number of carbonyl (C=O) groups is 1. The second-order valence-corrected chi connectivity index (χ2v) is 5.25. The number of rotatable bonds is 7. The number of benzene rings is 2. The third-order valence-electron chi connectivity index (χ3n) is 3.71. The normalized spacial score (nSPS) is 10.3. The summed E-state index contributed by atoms with van der Waals surface area (Å²) in [5.74, 6) is 0.0331. The Balaban J connectivity index is 1.90. The first kappa shape index (κ1) is 16.1. The highest BCUT2D eigenvalue weighted by Crippen LogP contribution is 2.22. The van der Waals surface area contributed by atoms with Crippen LogP contribution in [0.15, 0.2) is 48.5 Å². The van der Waals surface area contributed by atoms with Gasteiger partial charge >= 0.3 is 0 Å². The summed E-state index contributed by atoms with van der Waals surface area (Å²) in [6, 6.07) is 15.9. The van der Waals surface area contributed by atoms with E-state index >= 15 is 0 Å². The molecule has 3 nitrogen and oxygen atoms in total. The highest BCUT2D eigenvalue weighted by atomic mass is 16.1. The molecule has 2 aromatic rings. The van der Waals surface area contributed by atoms with Crippen LogP contribution >= 0.6 is 0 Å². The van der Waals surface area contributed by atoms with Gasteiger partial charge in [0.2, 0.25) is 5.91 Å². The van der Waals surface area contributed by atoms with Crippen molar-refractivity contribution in [2.45, 2.75) is 33.1 Å². The van der Waals surface area contributed by atoms with Crippen LogP contribution in [0.3, 0.4) is 0 Å². The molecule has 0 radical (unpaired) electrons. The minimum atomic E-state index is 0.0331. The van der Waals surface area contributed by atoms with Gasteiger partial charge in [-0.15, -0.1) is 0 Å². The predicted molar refractivity (Wildman–Crippen MR) is 93.4 cm³/mol. The maximum absolute atomic E-state index is 12.0. The summed E-state index contributed by atoms with van der Waals surface area (Å²) >= 11 is 0. The molecule has 0 aliphatic rings. The zero-order valence-electron chi connectivity index (χ0n) is 13.4. The molecule has 0 aliphatic heterocycles. The molecule has 0 heterocycles. The summed E-state index contributed by atoms with van der Waals surface area (Å²) < 4.78 is 0. The van der Waals surface area contributed by atoms with Crippen LogP contribution in [0, 0.1) is 0 Å². The van der Waals surface area contributed by atoms with Gasteiger partial charge in [-0.2, -0.15) is 0 Å². The van der Waals surface area contributed by atoms with Crippen molar-refractivity contribution in [3.8, 4) is 0 Å². The fourth-order valence-corrected chi connectivity index (χ4v) is 2.52. The second-order valence-electron chi connectivity index (χ2n) is 5.25. The van der Waals surface area contributed by atoms with Gasteiger partial charge < -0.3 is 10.6 Å². The summed E-state index contributed by atoms with van der Waals surface area (Å²) in [4.78, 5) is 12.0. The van der Waals surface area contributed by atoms with Crippen LogP contribution in [0.4, 0.5) is 11.4 Å². The molecule has 0 bridgehead atoms. The number of aryl methyl sites for hydroxylation is 2. The molecule has 2 N–H and O–H groups in total. The molecule has 22 heavy (non-hydrogen) atoms. The molecular weight excluding hydrogens is 272 g/mol. The van der Waals surface area contributed by atoms with Crippen LogP contribution in [-0.2, 0) is 17.6 Å². The van der Waals surface area contributed by atoms with Crippen LogP contribution in [0.5, 0.6) is 0 Å². The zero-order valence-corrected chi connectivity index (χ0v) is 13.4. The lowest BCUT2D eigenvalue weighted by Gasteiger charge is -2.15. The van der Waals surface area contributed by atoms with Crippen molar-refractivity contribution in [1.29, 1.82) is 0 Å². The molecule has 1 amide bonds. The Bertz CT molecular complexity index is 586. The highest BCUT2D eigenvalue weighted by Gasteiger charge is 2.07. The van der Waals surface area contributed by atoms with Crippen molar-refractivity contribution in [3.05, 3.63) is 59.7 Å². The van der Waals surface area contributed by atoms with E-state index < -0.39 is 0 Å². The molecule has 3 heteroatoms. The van der Waals surface area contributed by atoms with Crippen molar-refractivity contribution in [3.63, 3.8) is 0 Å². The molecule has 0 atom stereocenters. The lowest BCUT2D eigenvalue weighted by atomic mass is 10.0. The topological polar surface area (TPSA) is 41.1 Å². The average Bonchev–Trinajstić information content (AvgIpc) is 2.55. The molecular formula is C19H24N2O. The largest absolute Gasteiger partial charge is 0.384 e. The van der Waals surface area contributed by atoms with E-state index in [1.165, 1.54) is 16.8 Å². The van der Waals surface area contributed by atoms with E-state index in [1.807, 2.05) is 30.3 Å². The molecule has 0 unspecified atom stereocenters. The minimum absolute atomic E-state index is 0.0331. The fourth-order valence-electron chi connectivity index (χ4n) is 2.52. The van der Waals surface area contributed by atoms with Gasteiger partial charge in [0.15, 0.2) is 0 Å². The summed E-state index contributed by atoms with van der Waals surface area (Å²) in [6.45, 7) is 4.95. The van der Waals surface area contributed by atoms with Gasteiger partial charge in [-0.1, -0.05) is 50.2 Å². The van der Waals surface area contributed by atoms with Crippen LogP contribution in [0.1, 0.15) is 31.4 Å². The fraction of sp³-hybridized carbons (Fsp3) is 0.316. The Kier molecular flexibility index (Phi) is 6.01. The smallest absolute Gasteiger partial charge is 0.226 e.